The second kappa shape index (κ2) is 17.1. The van der Waals surface area contributed by atoms with Crippen LogP contribution in [-0.2, 0) is 20.9 Å². The number of urea groups is 1. The minimum absolute atomic E-state index is 0.162. The van der Waals surface area contributed by atoms with Crippen LogP contribution in [-0.4, -0.2) is 89.3 Å². The van der Waals surface area contributed by atoms with Crippen LogP contribution in [0, 0.1) is 12.8 Å². The average Bonchev–Trinajstić information content (AvgIpc) is 3.49. The summed E-state index contributed by atoms with van der Waals surface area (Å²) in [7, 11) is 3.26. The van der Waals surface area contributed by atoms with Crippen molar-refractivity contribution in [2.45, 2.75) is 96.4 Å². The molecular formula is C44H53N5O7S. The van der Waals surface area contributed by atoms with Gasteiger partial charge >= 0.3 is 12.0 Å². The minimum Gasteiger partial charge on any atom is -0.497 e. The standard InChI is InChI=1S/C44H53N5O7S/c1-7-55-42(51)44-23-30(44)13-11-9-8-10-12-20-48(24-29-14-16-31(53-5)17-15-29)43(52)49-25-32(21-36(49)40(50)47-44)56-38-22-34(41-46-35(26-57-41)27(2)3)45-39-28(4)37(54-6)19-18-33(38)39/h11,13-19,22,26-27,30,32,36H,7-10,12,20-21,23-25H2,1-6H3,(H,47,50)/b13-11+. The van der Waals surface area contributed by atoms with Gasteiger partial charge in [0.25, 0.3) is 0 Å². The molecule has 2 aromatic carbocycles. The van der Waals surface area contributed by atoms with Crippen molar-refractivity contribution in [3.8, 4) is 28.0 Å². The van der Waals surface area contributed by atoms with Crippen molar-refractivity contribution >= 4 is 40.1 Å². The number of thiazole rings is 1. The first kappa shape index (κ1) is 40.0. The van der Waals surface area contributed by atoms with Crippen molar-refractivity contribution in [3.63, 3.8) is 0 Å². The molecule has 0 radical (unpaired) electrons. The van der Waals surface area contributed by atoms with Gasteiger partial charge in [-0.15, -0.1) is 11.3 Å². The predicted molar refractivity (Wildman–Crippen MR) is 220 cm³/mol. The fraction of sp³-hybridized carbons (Fsp3) is 0.477. The van der Waals surface area contributed by atoms with Gasteiger partial charge < -0.3 is 34.1 Å². The number of fused-ring (bicyclic) bond motifs is 3. The van der Waals surface area contributed by atoms with E-state index in [9.17, 15) is 14.4 Å². The molecule has 7 rings (SSSR count). The zero-order valence-corrected chi connectivity index (χ0v) is 34.5. The van der Waals surface area contributed by atoms with Crippen molar-refractivity contribution in [2.24, 2.45) is 5.92 Å². The zero-order valence-electron chi connectivity index (χ0n) is 33.7. The third-order valence-corrected chi connectivity index (χ3v) is 12.2. The summed E-state index contributed by atoms with van der Waals surface area (Å²) in [6.45, 7) is 9.19. The molecule has 3 aliphatic rings. The van der Waals surface area contributed by atoms with Crippen LogP contribution in [0.15, 0.2) is 60.0 Å². The van der Waals surface area contributed by atoms with Crippen molar-refractivity contribution in [3.05, 3.63) is 76.8 Å². The Kier molecular flexibility index (Phi) is 12.0. The molecule has 1 aliphatic carbocycles. The van der Waals surface area contributed by atoms with Crippen molar-refractivity contribution in [2.75, 3.05) is 33.9 Å². The molecule has 0 bridgehead atoms. The van der Waals surface area contributed by atoms with Gasteiger partial charge in [-0.05, 0) is 75.3 Å². The number of allylic oxidation sites excluding steroid dienone is 1. The molecule has 12 nitrogen and oxygen atoms in total. The van der Waals surface area contributed by atoms with Crippen LogP contribution in [0.5, 0.6) is 17.2 Å². The number of nitrogens with one attached hydrogen (secondary N) is 1. The lowest BCUT2D eigenvalue weighted by Crippen LogP contribution is -2.55. The Morgan fingerprint density at radius 3 is 2.56 bits per heavy atom. The molecule has 2 aromatic heterocycles. The molecule has 302 valence electrons. The van der Waals surface area contributed by atoms with E-state index >= 15 is 0 Å². The molecule has 3 amide bonds. The Hall–Kier alpha value is -5.17. The van der Waals surface area contributed by atoms with Gasteiger partial charge in [-0.25, -0.2) is 19.6 Å². The molecule has 4 atom stereocenters. The molecule has 1 saturated heterocycles. The lowest BCUT2D eigenvalue weighted by Gasteiger charge is -2.32. The monoisotopic (exact) mass is 795 g/mol. The van der Waals surface area contributed by atoms with E-state index in [2.05, 4.69) is 30.6 Å². The molecule has 13 heteroatoms. The summed E-state index contributed by atoms with van der Waals surface area (Å²) < 4.78 is 23.4. The van der Waals surface area contributed by atoms with E-state index in [1.807, 2.05) is 60.4 Å². The van der Waals surface area contributed by atoms with E-state index in [0.29, 0.717) is 36.7 Å². The fourth-order valence-corrected chi connectivity index (χ4v) is 8.83. The maximum atomic E-state index is 14.8. The maximum absolute atomic E-state index is 14.8. The SMILES string of the molecule is CCOC(=O)C12CC1/C=C/CCCCCN(Cc1ccc(OC)cc1)C(=O)N1CC(Oc3cc(-c4nc(C(C)C)cs4)nc4c(C)c(OC)ccc34)CC1C(=O)N2. The number of esters is 1. The van der Waals surface area contributed by atoms with Crippen LogP contribution in [0.25, 0.3) is 21.6 Å². The summed E-state index contributed by atoms with van der Waals surface area (Å²) >= 11 is 1.53. The summed E-state index contributed by atoms with van der Waals surface area (Å²) in [5.41, 5.74) is 3.02. The summed E-state index contributed by atoms with van der Waals surface area (Å²) in [5.74, 6) is 1.24. The Morgan fingerprint density at radius 1 is 1.04 bits per heavy atom. The number of rotatable bonds is 10. The molecule has 57 heavy (non-hydrogen) atoms. The number of carbonyl (C=O) groups excluding carboxylic acids is 3. The number of amides is 3. The Balaban J connectivity index is 1.25. The highest BCUT2D eigenvalue weighted by molar-refractivity contribution is 7.13. The molecule has 2 aliphatic heterocycles. The molecule has 4 heterocycles. The third kappa shape index (κ3) is 8.44. The molecule has 4 aromatic rings. The molecule has 1 N–H and O–H groups in total. The van der Waals surface area contributed by atoms with E-state index in [0.717, 1.165) is 64.2 Å². The van der Waals surface area contributed by atoms with Crippen LogP contribution < -0.4 is 19.5 Å². The van der Waals surface area contributed by atoms with Gasteiger partial charge in [0, 0.05) is 47.8 Å². The fourth-order valence-electron chi connectivity index (χ4n) is 7.89. The number of aromatic nitrogens is 2. The Labute approximate surface area is 338 Å². The van der Waals surface area contributed by atoms with Crippen molar-refractivity contribution in [1.82, 2.24) is 25.1 Å². The first-order chi connectivity index (χ1) is 27.5. The van der Waals surface area contributed by atoms with E-state index in [1.54, 1.807) is 26.0 Å². The number of methoxy groups -OCH3 is 2. The second-order valence-electron chi connectivity index (χ2n) is 15.5. The Bertz CT molecular complexity index is 2130. The summed E-state index contributed by atoms with van der Waals surface area (Å²) in [6, 6.07) is 12.3. The van der Waals surface area contributed by atoms with Crippen LogP contribution >= 0.6 is 11.3 Å². The van der Waals surface area contributed by atoms with Gasteiger partial charge in [-0.2, -0.15) is 0 Å². The number of benzene rings is 2. The molecule has 4 unspecified atom stereocenters. The van der Waals surface area contributed by atoms with Gasteiger partial charge in [0.1, 0.15) is 45.6 Å². The summed E-state index contributed by atoms with van der Waals surface area (Å²) in [6.07, 6.45) is 7.78. The van der Waals surface area contributed by atoms with Crippen LogP contribution in [0.3, 0.4) is 0 Å². The third-order valence-electron chi connectivity index (χ3n) is 11.3. The first-order valence-corrected chi connectivity index (χ1v) is 20.9. The van der Waals surface area contributed by atoms with E-state index in [4.69, 9.17) is 28.9 Å². The Morgan fingerprint density at radius 2 is 1.84 bits per heavy atom. The minimum atomic E-state index is -1.17. The second-order valence-corrected chi connectivity index (χ2v) is 16.4. The molecule has 0 spiro atoms. The van der Waals surface area contributed by atoms with Gasteiger partial charge in [0.05, 0.1) is 38.6 Å². The van der Waals surface area contributed by atoms with Gasteiger partial charge in [0.15, 0.2) is 0 Å². The van der Waals surface area contributed by atoms with Crippen LogP contribution in [0.2, 0.25) is 0 Å². The van der Waals surface area contributed by atoms with Crippen LogP contribution in [0.1, 0.15) is 82.0 Å². The number of ether oxygens (including phenoxy) is 4. The number of nitrogens with zero attached hydrogens (tertiary/aromatic N) is 4. The van der Waals surface area contributed by atoms with Gasteiger partial charge in [0.2, 0.25) is 5.91 Å². The lowest BCUT2D eigenvalue weighted by atomic mass is 10.1. The first-order valence-electron chi connectivity index (χ1n) is 20.0. The van der Waals surface area contributed by atoms with Gasteiger partial charge in [-0.3, -0.25) is 4.79 Å². The quantitative estimate of drug-likeness (QED) is 0.126. The zero-order chi connectivity index (χ0) is 40.3. The highest BCUT2D eigenvalue weighted by Gasteiger charge is 2.62. The topological polar surface area (TPSA) is 132 Å². The number of pyridine rings is 1. The molecule has 1 saturated carbocycles. The van der Waals surface area contributed by atoms with Crippen LogP contribution in [0.4, 0.5) is 4.79 Å². The predicted octanol–water partition coefficient (Wildman–Crippen LogP) is 7.82. The maximum Gasteiger partial charge on any atom is 0.332 e. The highest BCUT2D eigenvalue weighted by Crippen LogP contribution is 2.46. The number of carbonyl (C=O) groups is 3. The highest BCUT2D eigenvalue weighted by atomic mass is 32.1. The van der Waals surface area contributed by atoms with Crippen molar-refractivity contribution < 1.29 is 33.3 Å². The molecular weight excluding hydrogens is 743 g/mol. The average molecular weight is 796 g/mol. The number of hydrogen-bond acceptors (Lipinski definition) is 10. The van der Waals surface area contributed by atoms with E-state index in [1.165, 1.54) is 11.3 Å². The molecule has 2 fully saturated rings. The largest absolute Gasteiger partial charge is 0.497 e. The van der Waals surface area contributed by atoms with E-state index in [-0.39, 0.29) is 37.4 Å². The number of aryl methyl sites for hydroxylation is 1. The summed E-state index contributed by atoms with van der Waals surface area (Å²) in [4.78, 5) is 56.2. The normalized spacial score (nSPS) is 23.2. The lowest BCUT2D eigenvalue weighted by molar-refractivity contribution is -0.149. The smallest absolute Gasteiger partial charge is 0.332 e. The van der Waals surface area contributed by atoms with E-state index < -0.39 is 29.6 Å². The number of hydrogen-bond donors (Lipinski definition) is 1. The van der Waals surface area contributed by atoms with Crippen molar-refractivity contribution in [1.29, 1.82) is 0 Å². The summed E-state index contributed by atoms with van der Waals surface area (Å²) in [5, 5.41) is 6.70. The van der Waals surface area contributed by atoms with Gasteiger partial charge in [-0.1, -0.05) is 44.6 Å².